The van der Waals surface area contributed by atoms with Crippen LogP contribution in [0.25, 0.3) is 10.9 Å². The predicted molar refractivity (Wildman–Crippen MR) is 101 cm³/mol. The van der Waals surface area contributed by atoms with Crippen molar-refractivity contribution in [2.45, 2.75) is 25.0 Å². The van der Waals surface area contributed by atoms with E-state index < -0.39 is 24.1 Å². The Morgan fingerprint density at radius 3 is 2.71 bits per heavy atom. The van der Waals surface area contributed by atoms with Gasteiger partial charge in [-0.05, 0) is 18.2 Å². The molecule has 4 rings (SSSR count). The largest absolute Gasteiger partial charge is 0.386 e. The van der Waals surface area contributed by atoms with Gasteiger partial charge in [-0.3, -0.25) is 14.3 Å². The number of piperazine rings is 1. The molecule has 28 heavy (non-hydrogen) atoms. The quantitative estimate of drug-likeness (QED) is 0.814. The second-order valence-corrected chi connectivity index (χ2v) is 7.58. The zero-order chi connectivity index (χ0) is 19.7. The Balaban J connectivity index is 1.44. The van der Waals surface area contributed by atoms with Crippen molar-refractivity contribution < 1.29 is 18.6 Å². The third kappa shape index (κ3) is 4.01. The van der Waals surface area contributed by atoms with Gasteiger partial charge in [0.1, 0.15) is 5.60 Å². The molecule has 2 aliphatic rings. The Bertz CT molecular complexity index is 890. The van der Waals surface area contributed by atoms with Crippen LogP contribution in [0, 0.1) is 0 Å². The first kappa shape index (κ1) is 19.2. The molecule has 2 fully saturated rings. The molecule has 0 radical (unpaired) electrons. The molecule has 9 heteroatoms. The SMILES string of the molecule is O=c1c2ccc(N3CCN(CC4(O)CCOC4)CC3)cc2ncn1CC(F)F. The minimum Gasteiger partial charge on any atom is -0.386 e. The second kappa shape index (κ2) is 7.73. The molecule has 1 N–H and O–H groups in total. The number of anilines is 1. The first-order chi connectivity index (χ1) is 13.4. The van der Waals surface area contributed by atoms with Crippen LogP contribution >= 0.6 is 0 Å². The average Bonchev–Trinajstić information content (AvgIpc) is 3.10. The molecular formula is C19H24F2N4O3. The molecular weight excluding hydrogens is 370 g/mol. The lowest BCUT2D eigenvalue weighted by molar-refractivity contribution is -0.00557. The number of rotatable bonds is 5. The molecule has 7 nitrogen and oxygen atoms in total. The fourth-order valence-corrected chi connectivity index (χ4v) is 3.92. The van der Waals surface area contributed by atoms with E-state index in [0.717, 1.165) is 36.4 Å². The topological polar surface area (TPSA) is 70.8 Å². The van der Waals surface area contributed by atoms with Crippen molar-refractivity contribution in [3.63, 3.8) is 0 Å². The summed E-state index contributed by atoms with van der Waals surface area (Å²) in [6, 6.07) is 5.33. The number of ether oxygens (including phenoxy) is 1. The van der Waals surface area contributed by atoms with E-state index in [1.807, 2.05) is 12.1 Å². The number of hydrogen-bond acceptors (Lipinski definition) is 6. The van der Waals surface area contributed by atoms with E-state index in [0.29, 0.717) is 37.1 Å². The number of hydrogen-bond donors (Lipinski definition) is 1. The fourth-order valence-electron chi connectivity index (χ4n) is 3.92. The van der Waals surface area contributed by atoms with Crippen molar-refractivity contribution in [2.75, 3.05) is 50.8 Å². The van der Waals surface area contributed by atoms with Crippen molar-refractivity contribution in [3.05, 3.63) is 34.9 Å². The number of halogens is 2. The predicted octanol–water partition coefficient (Wildman–Crippen LogP) is 0.935. The normalized spacial score (nSPS) is 23.8. The molecule has 1 atom stereocenters. The monoisotopic (exact) mass is 394 g/mol. The Morgan fingerprint density at radius 2 is 2.04 bits per heavy atom. The number of β-amino-alcohol motifs (C(OH)–C–C–N with tert-alkyl or cyclic N) is 1. The summed E-state index contributed by atoms with van der Waals surface area (Å²) in [6.45, 7) is 4.21. The minimum atomic E-state index is -2.60. The van der Waals surface area contributed by atoms with Crippen molar-refractivity contribution in [2.24, 2.45) is 0 Å². The Labute approximate surface area is 161 Å². The maximum atomic E-state index is 12.6. The molecule has 2 aromatic rings. The molecule has 1 aromatic carbocycles. The number of nitrogens with zero attached hydrogens (tertiary/aromatic N) is 4. The fraction of sp³-hybridized carbons (Fsp3) is 0.579. The first-order valence-electron chi connectivity index (χ1n) is 9.48. The third-order valence-corrected chi connectivity index (χ3v) is 5.48. The summed E-state index contributed by atoms with van der Waals surface area (Å²) in [4.78, 5) is 21.0. The molecule has 0 bridgehead atoms. The van der Waals surface area contributed by atoms with Gasteiger partial charge >= 0.3 is 0 Å². The van der Waals surface area contributed by atoms with Gasteiger partial charge in [-0.2, -0.15) is 0 Å². The second-order valence-electron chi connectivity index (χ2n) is 7.58. The molecule has 1 aromatic heterocycles. The Hall–Kier alpha value is -2.10. The zero-order valence-electron chi connectivity index (χ0n) is 15.6. The summed E-state index contributed by atoms with van der Waals surface area (Å²) < 4.78 is 31.4. The molecule has 0 spiro atoms. The first-order valence-corrected chi connectivity index (χ1v) is 9.48. The van der Waals surface area contributed by atoms with Crippen molar-refractivity contribution in [1.82, 2.24) is 14.5 Å². The van der Waals surface area contributed by atoms with Crippen LogP contribution in [-0.2, 0) is 11.3 Å². The van der Waals surface area contributed by atoms with Crippen molar-refractivity contribution >= 4 is 16.6 Å². The van der Waals surface area contributed by atoms with Gasteiger partial charge in [0.05, 0.1) is 30.4 Å². The van der Waals surface area contributed by atoms with E-state index in [4.69, 9.17) is 4.74 Å². The van der Waals surface area contributed by atoms with Crippen LogP contribution in [0.4, 0.5) is 14.5 Å². The summed E-state index contributed by atoms with van der Waals surface area (Å²) in [5.41, 5.74) is 0.266. The molecule has 0 aliphatic carbocycles. The lowest BCUT2D eigenvalue weighted by atomic mass is 10.0. The van der Waals surface area contributed by atoms with Gasteiger partial charge < -0.3 is 14.7 Å². The molecule has 0 amide bonds. The van der Waals surface area contributed by atoms with E-state index in [1.54, 1.807) is 6.07 Å². The van der Waals surface area contributed by atoms with Gasteiger partial charge in [0.2, 0.25) is 0 Å². The Morgan fingerprint density at radius 1 is 1.25 bits per heavy atom. The number of aliphatic hydroxyl groups is 1. The van der Waals surface area contributed by atoms with E-state index >= 15 is 0 Å². The number of fused-ring (bicyclic) bond motifs is 1. The van der Waals surface area contributed by atoms with E-state index in [1.165, 1.54) is 6.33 Å². The number of aromatic nitrogens is 2. The van der Waals surface area contributed by atoms with Crippen molar-refractivity contribution in [1.29, 1.82) is 0 Å². The molecule has 2 saturated heterocycles. The molecule has 2 aliphatic heterocycles. The molecule has 3 heterocycles. The molecule has 0 saturated carbocycles. The van der Waals surface area contributed by atoms with Crippen LogP contribution in [0.1, 0.15) is 6.42 Å². The smallest absolute Gasteiger partial charge is 0.261 e. The third-order valence-electron chi connectivity index (χ3n) is 5.48. The maximum Gasteiger partial charge on any atom is 0.261 e. The minimum absolute atomic E-state index is 0.342. The number of alkyl halides is 2. The van der Waals surface area contributed by atoms with Gasteiger partial charge in [0.15, 0.2) is 0 Å². The van der Waals surface area contributed by atoms with Crippen LogP contribution in [-0.4, -0.2) is 77.5 Å². The lowest BCUT2D eigenvalue weighted by Gasteiger charge is -2.38. The Kier molecular flexibility index (Phi) is 5.31. The highest BCUT2D eigenvalue weighted by Gasteiger charge is 2.35. The van der Waals surface area contributed by atoms with Crippen molar-refractivity contribution in [3.8, 4) is 0 Å². The van der Waals surface area contributed by atoms with Gasteiger partial charge in [-0.25, -0.2) is 13.8 Å². The van der Waals surface area contributed by atoms with E-state index in [9.17, 15) is 18.7 Å². The summed E-state index contributed by atoms with van der Waals surface area (Å²) in [7, 11) is 0. The van der Waals surface area contributed by atoms with Crippen LogP contribution < -0.4 is 10.5 Å². The zero-order valence-corrected chi connectivity index (χ0v) is 15.6. The van der Waals surface area contributed by atoms with Gasteiger partial charge in [0.25, 0.3) is 12.0 Å². The molecule has 1 unspecified atom stereocenters. The number of benzene rings is 1. The standard InChI is InChI=1S/C19H24F2N4O3/c20-17(21)10-25-13-22-16-9-14(1-2-15(16)18(25)26)24-6-4-23(5-7-24)11-19(27)3-8-28-12-19/h1-2,9,13,17,27H,3-8,10-12H2. The summed E-state index contributed by atoms with van der Waals surface area (Å²) in [6.07, 6.45) is -0.739. The van der Waals surface area contributed by atoms with Gasteiger partial charge in [-0.15, -0.1) is 0 Å². The van der Waals surface area contributed by atoms with Crippen LogP contribution in [0.2, 0.25) is 0 Å². The van der Waals surface area contributed by atoms with Crippen LogP contribution in [0.15, 0.2) is 29.3 Å². The lowest BCUT2D eigenvalue weighted by Crippen LogP contribution is -2.52. The van der Waals surface area contributed by atoms with E-state index in [-0.39, 0.29) is 0 Å². The summed E-state index contributed by atoms with van der Waals surface area (Å²) in [5.74, 6) is 0. The van der Waals surface area contributed by atoms with Gasteiger partial charge in [0, 0.05) is 51.4 Å². The average molecular weight is 394 g/mol. The van der Waals surface area contributed by atoms with Crippen LogP contribution in [0.5, 0.6) is 0 Å². The highest BCUT2D eigenvalue weighted by Crippen LogP contribution is 2.23. The highest BCUT2D eigenvalue weighted by molar-refractivity contribution is 5.81. The summed E-state index contributed by atoms with van der Waals surface area (Å²) in [5, 5.41) is 10.8. The van der Waals surface area contributed by atoms with E-state index in [2.05, 4.69) is 14.8 Å². The van der Waals surface area contributed by atoms with Gasteiger partial charge in [-0.1, -0.05) is 0 Å². The maximum absolute atomic E-state index is 12.6. The molecule has 152 valence electrons. The summed E-state index contributed by atoms with van der Waals surface area (Å²) >= 11 is 0. The van der Waals surface area contributed by atoms with Crippen LogP contribution in [0.3, 0.4) is 0 Å². The highest BCUT2D eigenvalue weighted by atomic mass is 19.3.